The van der Waals surface area contributed by atoms with Crippen LogP contribution in [0.4, 0.5) is 0 Å². The maximum atomic E-state index is 11.3. The zero-order chi connectivity index (χ0) is 12.2. The molecule has 16 heavy (non-hydrogen) atoms. The van der Waals surface area contributed by atoms with Crippen molar-refractivity contribution in [2.45, 2.75) is 45.6 Å². The van der Waals surface area contributed by atoms with E-state index < -0.39 is 0 Å². The molecule has 94 valence electrons. The van der Waals surface area contributed by atoms with Gasteiger partial charge in [-0.3, -0.25) is 0 Å². The average molecular weight is 227 g/mol. The van der Waals surface area contributed by atoms with Crippen molar-refractivity contribution in [1.29, 1.82) is 0 Å². The van der Waals surface area contributed by atoms with E-state index in [1.165, 1.54) is 0 Å². The summed E-state index contributed by atoms with van der Waals surface area (Å²) in [6.45, 7) is 8.81. The predicted molar refractivity (Wildman–Crippen MR) is 65.6 cm³/mol. The first kappa shape index (κ1) is 13.7. The Labute approximate surface area is 99.1 Å². The van der Waals surface area contributed by atoms with Gasteiger partial charge in [-0.05, 0) is 40.2 Å². The quantitative estimate of drug-likeness (QED) is 0.674. The van der Waals surface area contributed by atoms with Crippen molar-refractivity contribution in [2.75, 3.05) is 26.8 Å². The van der Waals surface area contributed by atoms with Gasteiger partial charge < -0.3 is 14.4 Å². The average Bonchev–Trinajstić information content (AvgIpc) is 2.30. The molecule has 0 aliphatic carbocycles. The van der Waals surface area contributed by atoms with Crippen molar-refractivity contribution < 1.29 is 9.53 Å². The van der Waals surface area contributed by atoms with Crippen LogP contribution in [0.2, 0.25) is 0 Å². The SMILES string of the molecule is CCC(C)(C)N(C)CC1(C=O)CCCOC1. The Morgan fingerprint density at radius 2 is 2.19 bits per heavy atom. The third kappa shape index (κ3) is 3.05. The van der Waals surface area contributed by atoms with E-state index in [4.69, 9.17) is 4.74 Å². The van der Waals surface area contributed by atoms with Crippen LogP contribution in [0.5, 0.6) is 0 Å². The van der Waals surface area contributed by atoms with E-state index in [2.05, 4.69) is 32.7 Å². The van der Waals surface area contributed by atoms with Crippen LogP contribution in [0.25, 0.3) is 0 Å². The lowest BCUT2D eigenvalue weighted by atomic mass is 9.82. The third-order valence-electron chi connectivity index (χ3n) is 4.05. The predicted octanol–water partition coefficient (Wildman–Crippen LogP) is 2.10. The Kier molecular flexibility index (Phi) is 4.51. The fraction of sp³-hybridized carbons (Fsp3) is 0.923. The smallest absolute Gasteiger partial charge is 0.129 e. The van der Waals surface area contributed by atoms with Crippen LogP contribution in [-0.2, 0) is 9.53 Å². The minimum absolute atomic E-state index is 0.146. The van der Waals surface area contributed by atoms with Crippen molar-refractivity contribution >= 4 is 6.29 Å². The van der Waals surface area contributed by atoms with E-state index in [0.717, 1.165) is 38.7 Å². The van der Waals surface area contributed by atoms with E-state index in [1.54, 1.807) is 0 Å². The molecule has 3 heteroatoms. The van der Waals surface area contributed by atoms with Crippen molar-refractivity contribution in [3.05, 3.63) is 0 Å². The molecule has 1 rings (SSSR count). The van der Waals surface area contributed by atoms with Gasteiger partial charge in [-0.15, -0.1) is 0 Å². The molecule has 1 atom stereocenters. The molecule has 1 saturated heterocycles. The Morgan fingerprint density at radius 1 is 1.50 bits per heavy atom. The van der Waals surface area contributed by atoms with Crippen LogP contribution in [0.15, 0.2) is 0 Å². The van der Waals surface area contributed by atoms with Gasteiger partial charge in [-0.1, -0.05) is 6.92 Å². The first-order valence-electron chi connectivity index (χ1n) is 6.21. The lowest BCUT2D eigenvalue weighted by molar-refractivity contribution is -0.126. The monoisotopic (exact) mass is 227 g/mol. The lowest BCUT2D eigenvalue weighted by Gasteiger charge is -2.42. The summed E-state index contributed by atoms with van der Waals surface area (Å²) in [5, 5.41) is 0. The summed E-state index contributed by atoms with van der Waals surface area (Å²) >= 11 is 0. The molecule has 0 aromatic rings. The summed E-state index contributed by atoms with van der Waals surface area (Å²) in [6.07, 6.45) is 4.15. The van der Waals surface area contributed by atoms with Gasteiger partial charge in [0.2, 0.25) is 0 Å². The molecule has 0 bridgehead atoms. The molecule has 0 amide bonds. The normalized spacial score (nSPS) is 27.1. The van der Waals surface area contributed by atoms with Crippen LogP contribution in [0, 0.1) is 5.41 Å². The molecule has 0 spiro atoms. The fourth-order valence-electron chi connectivity index (χ4n) is 2.09. The second-order valence-corrected chi connectivity index (χ2v) is 5.66. The van der Waals surface area contributed by atoms with Crippen LogP contribution in [-0.4, -0.2) is 43.5 Å². The number of hydrogen-bond donors (Lipinski definition) is 0. The molecule has 1 heterocycles. The standard InChI is InChI=1S/C13H25NO2/c1-5-12(2,3)14(4)9-13(10-15)7-6-8-16-11-13/h10H,5-9,11H2,1-4H3. The van der Waals surface area contributed by atoms with E-state index in [-0.39, 0.29) is 11.0 Å². The fourth-order valence-corrected chi connectivity index (χ4v) is 2.09. The first-order chi connectivity index (χ1) is 7.46. The van der Waals surface area contributed by atoms with Gasteiger partial charge in [-0.25, -0.2) is 0 Å². The number of hydrogen-bond acceptors (Lipinski definition) is 3. The summed E-state index contributed by atoms with van der Waals surface area (Å²) < 4.78 is 5.47. The lowest BCUT2D eigenvalue weighted by Crippen LogP contribution is -2.50. The van der Waals surface area contributed by atoms with Gasteiger partial charge in [-0.2, -0.15) is 0 Å². The molecule has 1 aliphatic heterocycles. The van der Waals surface area contributed by atoms with Gasteiger partial charge in [0.15, 0.2) is 0 Å². The Hall–Kier alpha value is -0.410. The van der Waals surface area contributed by atoms with Crippen LogP contribution in [0.3, 0.4) is 0 Å². The molecular formula is C13H25NO2. The van der Waals surface area contributed by atoms with Crippen LogP contribution >= 0.6 is 0 Å². The van der Waals surface area contributed by atoms with Gasteiger partial charge in [0.25, 0.3) is 0 Å². The molecule has 1 fully saturated rings. The summed E-state index contributed by atoms with van der Waals surface area (Å²) in [4.78, 5) is 13.6. The van der Waals surface area contributed by atoms with Crippen molar-refractivity contribution in [1.82, 2.24) is 4.90 Å². The molecule has 0 aromatic heterocycles. The third-order valence-corrected chi connectivity index (χ3v) is 4.05. The summed E-state index contributed by atoms with van der Waals surface area (Å²) in [5.74, 6) is 0. The van der Waals surface area contributed by atoms with Gasteiger partial charge in [0, 0.05) is 18.7 Å². The summed E-state index contributed by atoms with van der Waals surface area (Å²) in [7, 11) is 2.10. The minimum Gasteiger partial charge on any atom is -0.380 e. The Balaban J connectivity index is 2.65. The molecule has 0 N–H and O–H groups in total. The molecule has 0 radical (unpaired) electrons. The largest absolute Gasteiger partial charge is 0.380 e. The molecule has 0 aromatic carbocycles. The number of carbonyl (C=O) groups is 1. The molecule has 1 aliphatic rings. The molecule has 0 saturated carbocycles. The maximum absolute atomic E-state index is 11.3. The second-order valence-electron chi connectivity index (χ2n) is 5.66. The van der Waals surface area contributed by atoms with Crippen molar-refractivity contribution in [2.24, 2.45) is 5.41 Å². The Morgan fingerprint density at radius 3 is 2.62 bits per heavy atom. The van der Waals surface area contributed by atoms with Crippen LogP contribution in [0.1, 0.15) is 40.0 Å². The topological polar surface area (TPSA) is 29.5 Å². The number of ether oxygens (including phenoxy) is 1. The highest BCUT2D eigenvalue weighted by molar-refractivity contribution is 5.60. The number of aldehydes is 1. The summed E-state index contributed by atoms with van der Waals surface area (Å²) in [6, 6.07) is 0. The molecule has 3 nitrogen and oxygen atoms in total. The zero-order valence-electron chi connectivity index (χ0n) is 11.1. The highest BCUT2D eigenvalue weighted by Crippen LogP contribution is 2.30. The zero-order valence-corrected chi connectivity index (χ0v) is 11.1. The molecular weight excluding hydrogens is 202 g/mol. The van der Waals surface area contributed by atoms with E-state index in [1.807, 2.05) is 0 Å². The van der Waals surface area contributed by atoms with Crippen molar-refractivity contribution in [3.8, 4) is 0 Å². The summed E-state index contributed by atoms with van der Waals surface area (Å²) in [5.41, 5.74) is -0.132. The molecule has 1 unspecified atom stereocenters. The van der Waals surface area contributed by atoms with E-state index in [0.29, 0.717) is 6.61 Å². The first-order valence-corrected chi connectivity index (χ1v) is 6.21. The maximum Gasteiger partial charge on any atom is 0.129 e. The highest BCUT2D eigenvalue weighted by atomic mass is 16.5. The van der Waals surface area contributed by atoms with Gasteiger partial charge in [0.05, 0.1) is 12.0 Å². The van der Waals surface area contributed by atoms with Gasteiger partial charge >= 0.3 is 0 Å². The van der Waals surface area contributed by atoms with Crippen molar-refractivity contribution in [3.63, 3.8) is 0 Å². The number of nitrogens with zero attached hydrogens (tertiary/aromatic N) is 1. The number of rotatable bonds is 5. The van der Waals surface area contributed by atoms with Crippen LogP contribution < -0.4 is 0 Å². The van der Waals surface area contributed by atoms with Gasteiger partial charge in [0.1, 0.15) is 6.29 Å². The van der Waals surface area contributed by atoms with E-state index >= 15 is 0 Å². The second kappa shape index (κ2) is 5.28. The Bertz CT molecular complexity index is 232. The number of carbonyl (C=O) groups excluding carboxylic acids is 1. The highest BCUT2D eigenvalue weighted by Gasteiger charge is 2.36. The van der Waals surface area contributed by atoms with E-state index in [9.17, 15) is 4.79 Å². The minimum atomic E-state index is -0.278.